The van der Waals surface area contributed by atoms with Gasteiger partial charge >= 0.3 is 5.97 Å². The second-order valence-corrected chi connectivity index (χ2v) is 19.4. The number of carbonyl (C=O) groups excluding carboxylic acids is 1. The molecule has 1 aliphatic heterocycles. The number of carbonyl (C=O) groups is 1. The zero-order chi connectivity index (χ0) is 40.2. The zero-order valence-corrected chi connectivity index (χ0v) is 34.8. The number of thiophene rings is 2. The predicted octanol–water partition coefficient (Wildman–Crippen LogP) is 6.83. The van der Waals surface area contributed by atoms with E-state index in [1.54, 1.807) is 36.4 Å². The van der Waals surface area contributed by atoms with E-state index in [-0.39, 0.29) is 22.8 Å². The third-order valence-electron chi connectivity index (χ3n) is 12.4. The van der Waals surface area contributed by atoms with Gasteiger partial charge in [-0.25, -0.2) is 9.48 Å². The highest BCUT2D eigenvalue weighted by atomic mass is 35.5. The van der Waals surface area contributed by atoms with Crippen molar-refractivity contribution in [3.63, 3.8) is 0 Å². The van der Waals surface area contributed by atoms with Gasteiger partial charge in [0.05, 0.1) is 35.6 Å². The molecule has 1 saturated carbocycles. The molecule has 2 fully saturated rings. The van der Waals surface area contributed by atoms with Crippen molar-refractivity contribution in [2.75, 3.05) is 26.2 Å². The maximum Gasteiger partial charge on any atom is 0.349 e. The molecule has 1 saturated heterocycles. The van der Waals surface area contributed by atoms with Crippen molar-refractivity contribution in [1.82, 2.24) is 30.2 Å². The van der Waals surface area contributed by atoms with Gasteiger partial charge in [0.1, 0.15) is 17.4 Å². The van der Waals surface area contributed by atoms with E-state index in [0.717, 1.165) is 111 Å². The van der Waals surface area contributed by atoms with E-state index in [2.05, 4.69) is 36.3 Å². The number of benzene rings is 2. The normalized spacial score (nSPS) is 17.6. The van der Waals surface area contributed by atoms with Crippen LogP contribution in [0, 0.1) is 5.41 Å². The maximum absolute atomic E-state index is 13.6. The number of H-pyrrole nitrogens is 1. The molecule has 5 N–H and O–H groups in total. The largest absolute Gasteiger partial charge is 0.506 e. The fraction of sp³-hybridized carbons (Fsp3) is 0.429. The lowest BCUT2D eigenvalue weighted by atomic mass is 9.61. The van der Waals surface area contributed by atoms with Crippen molar-refractivity contribution in [3.05, 3.63) is 106 Å². The number of hydrogen-bond donors (Lipinski definition) is 5. The summed E-state index contributed by atoms with van der Waals surface area (Å²) in [4.78, 5) is 31.4. The molecular formula is C42H44Cl2N6O6S2. The zero-order valence-electron chi connectivity index (χ0n) is 31.7. The number of nitrogens with one attached hydrogen (secondary N) is 2. The lowest BCUT2D eigenvalue weighted by molar-refractivity contribution is -0.181. The number of hydrogen-bond acceptors (Lipinski definition) is 12. The molecule has 1 spiro atoms. The number of fused-ring (bicyclic) bond motifs is 4. The first kappa shape index (κ1) is 39.6. The molecular weight excluding hydrogens is 820 g/mol. The van der Waals surface area contributed by atoms with E-state index in [1.807, 2.05) is 0 Å². The number of phenolic OH excluding ortho intramolecular Hbond substituents is 1. The predicted molar refractivity (Wildman–Crippen MR) is 226 cm³/mol. The van der Waals surface area contributed by atoms with E-state index >= 15 is 0 Å². The van der Waals surface area contributed by atoms with Crippen molar-refractivity contribution in [3.8, 4) is 5.75 Å². The van der Waals surface area contributed by atoms with E-state index in [9.17, 15) is 24.9 Å². The molecule has 4 aromatic heterocycles. The van der Waals surface area contributed by atoms with Crippen LogP contribution in [0.25, 0.3) is 21.9 Å². The number of aromatic nitrogens is 4. The van der Waals surface area contributed by atoms with Gasteiger partial charge in [0.15, 0.2) is 0 Å². The summed E-state index contributed by atoms with van der Waals surface area (Å²) in [5.41, 5.74) is 4.71. The number of ether oxygens (including phenoxy) is 1. The van der Waals surface area contributed by atoms with Crippen molar-refractivity contribution in [2.45, 2.75) is 82.3 Å². The first-order valence-corrected chi connectivity index (χ1v) is 22.2. The van der Waals surface area contributed by atoms with Crippen LogP contribution in [0.4, 0.5) is 0 Å². The van der Waals surface area contributed by atoms with E-state index in [4.69, 9.17) is 27.9 Å². The van der Waals surface area contributed by atoms with Crippen LogP contribution in [0.5, 0.6) is 5.75 Å². The minimum absolute atomic E-state index is 0.0330. The Labute approximate surface area is 352 Å². The first-order valence-electron chi connectivity index (χ1n) is 19.8. The fourth-order valence-corrected chi connectivity index (χ4v) is 11.7. The Bertz CT molecular complexity index is 2510. The average Bonchev–Trinajstić information content (AvgIpc) is 4.03. The number of aryl methyl sites for hydroxylation is 2. The number of aromatic hydroxyl groups is 1. The number of phenols is 1. The summed E-state index contributed by atoms with van der Waals surface area (Å²) in [5.74, 6) is -0.716. The number of rotatable bonds is 13. The Morgan fingerprint density at radius 2 is 1.74 bits per heavy atom. The number of esters is 1. The summed E-state index contributed by atoms with van der Waals surface area (Å²) in [6, 6.07) is 15.0. The van der Waals surface area contributed by atoms with Crippen molar-refractivity contribution < 1.29 is 24.9 Å². The minimum Gasteiger partial charge on any atom is -0.506 e. The Kier molecular flexibility index (Phi) is 10.9. The van der Waals surface area contributed by atoms with Gasteiger partial charge in [-0.1, -0.05) is 34.5 Å². The molecule has 2 aliphatic carbocycles. The third kappa shape index (κ3) is 7.47. The molecule has 16 heteroatoms. The van der Waals surface area contributed by atoms with Gasteiger partial charge < -0.3 is 35.3 Å². The molecule has 2 aromatic carbocycles. The first-order chi connectivity index (χ1) is 28.0. The molecule has 0 radical (unpaired) electrons. The Morgan fingerprint density at radius 1 is 1.02 bits per heavy atom. The molecule has 5 heterocycles. The van der Waals surface area contributed by atoms with Gasteiger partial charge in [0.2, 0.25) is 11.2 Å². The summed E-state index contributed by atoms with van der Waals surface area (Å²) in [6.07, 6.45) is 6.64. The highest BCUT2D eigenvalue weighted by molar-refractivity contribution is 7.18. The molecule has 3 aliphatic rings. The number of halogens is 2. The lowest BCUT2D eigenvalue weighted by Gasteiger charge is -2.51. The van der Waals surface area contributed by atoms with Crippen LogP contribution in [0.15, 0.2) is 59.4 Å². The minimum atomic E-state index is -1.95. The summed E-state index contributed by atoms with van der Waals surface area (Å²) in [6.45, 7) is 4.61. The third-order valence-corrected chi connectivity index (χ3v) is 15.1. The monoisotopic (exact) mass is 862 g/mol. The van der Waals surface area contributed by atoms with Crippen LogP contribution in [-0.2, 0) is 41.1 Å². The van der Waals surface area contributed by atoms with Crippen LogP contribution in [0.3, 0.4) is 0 Å². The van der Waals surface area contributed by atoms with Crippen LogP contribution in [0.2, 0.25) is 8.67 Å². The molecule has 12 nitrogen and oxygen atoms in total. The van der Waals surface area contributed by atoms with E-state index < -0.39 is 17.7 Å². The number of piperidine rings is 1. The number of likely N-dealkylation sites (tertiary alicyclic amines) is 1. The molecule has 58 heavy (non-hydrogen) atoms. The van der Waals surface area contributed by atoms with E-state index in [1.165, 1.54) is 28.8 Å². The summed E-state index contributed by atoms with van der Waals surface area (Å²) < 4.78 is 8.99. The van der Waals surface area contributed by atoms with Gasteiger partial charge in [-0.15, -0.1) is 27.8 Å². The SMILES string of the molecule is O=C(OC1CC2(CCN(CCCn3nnc4cc(CNC[C@H](O)c5ccc(O)c6[nH]c(=O)ccc56)c5c(c43)CCC5)CC2)C1)C(O)(c1ccc(Cl)s1)c1ccc(Cl)s1. The molecule has 6 aromatic rings. The fourth-order valence-electron chi connectivity index (χ4n) is 9.33. The van der Waals surface area contributed by atoms with Crippen molar-refractivity contribution >= 4 is 73.8 Å². The van der Waals surface area contributed by atoms with Gasteiger partial charge in [-0.2, -0.15) is 0 Å². The summed E-state index contributed by atoms with van der Waals surface area (Å²) >= 11 is 14.7. The van der Waals surface area contributed by atoms with E-state index in [0.29, 0.717) is 48.0 Å². The average molecular weight is 864 g/mol. The highest BCUT2D eigenvalue weighted by Crippen LogP contribution is 2.51. The maximum atomic E-state index is 13.6. The number of pyridine rings is 1. The second-order valence-electron chi connectivity index (χ2n) is 16.0. The molecule has 9 rings (SSSR count). The molecule has 1 atom stereocenters. The number of aliphatic hydroxyl groups excluding tert-OH is 1. The van der Waals surface area contributed by atoms with Crippen molar-refractivity contribution in [2.24, 2.45) is 5.41 Å². The molecule has 0 unspecified atom stereocenters. The van der Waals surface area contributed by atoms with Gasteiger partial charge in [0.25, 0.3) is 0 Å². The van der Waals surface area contributed by atoms with Gasteiger partial charge in [0, 0.05) is 31.1 Å². The Balaban J connectivity index is 0.765. The van der Waals surface area contributed by atoms with Crippen LogP contribution >= 0.6 is 45.9 Å². The Hall–Kier alpha value is -3.86. The number of aromatic amines is 1. The van der Waals surface area contributed by atoms with Crippen LogP contribution in [0.1, 0.15) is 76.6 Å². The molecule has 304 valence electrons. The Morgan fingerprint density at radius 3 is 2.45 bits per heavy atom. The van der Waals surface area contributed by atoms with Gasteiger partial charge in [-0.05, 0) is 141 Å². The smallest absolute Gasteiger partial charge is 0.349 e. The standard InChI is InChI=1S/C42H44Cl2N6O6S2/c43-35-10-8-33(57-35)42(55,34-9-11-36(44)58-34)40(54)56-25-20-41(21-25)13-17-49(18-14-41)15-2-16-50-39-29-4-1-3-26(29)24(19-30(39)47-48-50)22-45-23-32(52)27-5-7-31(51)38-28(27)6-12-37(53)46-38/h5-12,19,25,32,45,51-52,55H,1-4,13-18,20-23H2,(H,46,53)/t32-/m0/s1. The summed E-state index contributed by atoms with van der Waals surface area (Å²) in [7, 11) is 0. The van der Waals surface area contributed by atoms with Crippen molar-refractivity contribution in [1.29, 1.82) is 0 Å². The summed E-state index contributed by atoms with van der Waals surface area (Å²) in [5, 5.41) is 46.3. The number of aliphatic hydroxyl groups is 2. The quantitative estimate of drug-likeness (QED) is 0.0778. The van der Waals surface area contributed by atoms with Crippen LogP contribution < -0.4 is 10.9 Å². The van der Waals surface area contributed by atoms with Crippen LogP contribution in [-0.4, -0.2) is 78.4 Å². The van der Waals surface area contributed by atoms with Gasteiger partial charge in [-0.3, -0.25) is 4.79 Å². The second kappa shape index (κ2) is 16.0. The highest BCUT2D eigenvalue weighted by Gasteiger charge is 2.51. The molecule has 0 bridgehead atoms. The topological polar surface area (TPSA) is 166 Å². The number of nitrogens with zero attached hydrogens (tertiary/aromatic N) is 4. The molecule has 0 amide bonds. The lowest BCUT2D eigenvalue weighted by Crippen LogP contribution is -2.52.